The lowest BCUT2D eigenvalue weighted by Crippen LogP contribution is -2.53. The quantitative estimate of drug-likeness (QED) is 0.312. The number of nitro benzene ring substituents is 1. The van der Waals surface area contributed by atoms with Gasteiger partial charge in [0, 0.05) is 25.8 Å². The fraction of sp³-hybridized carbons (Fsp3) is 0.318. The van der Waals surface area contributed by atoms with Crippen LogP contribution in [0.3, 0.4) is 0 Å². The van der Waals surface area contributed by atoms with E-state index in [1.807, 2.05) is 0 Å². The van der Waals surface area contributed by atoms with E-state index in [4.69, 9.17) is 9.47 Å². The highest BCUT2D eigenvalue weighted by atomic mass is 19.1. The highest BCUT2D eigenvalue weighted by molar-refractivity contribution is 5.90. The van der Waals surface area contributed by atoms with Gasteiger partial charge in [0.2, 0.25) is 11.8 Å². The lowest BCUT2D eigenvalue weighted by atomic mass is 10.0. The van der Waals surface area contributed by atoms with Gasteiger partial charge in [-0.05, 0) is 29.3 Å². The van der Waals surface area contributed by atoms with Crippen molar-refractivity contribution < 1.29 is 33.2 Å². The molecule has 2 rings (SSSR count). The summed E-state index contributed by atoms with van der Waals surface area (Å²) >= 11 is 0. The Balaban J connectivity index is 2.24. The fourth-order valence-corrected chi connectivity index (χ4v) is 3.16. The molecule has 0 aliphatic rings. The van der Waals surface area contributed by atoms with E-state index < -0.39 is 40.6 Å². The Bertz CT molecular complexity index is 1030. The summed E-state index contributed by atoms with van der Waals surface area (Å²) in [6.45, 7) is 1.24. The van der Waals surface area contributed by atoms with E-state index in [2.05, 4.69) is 10.6 Å². The number of amides is 2. The molecule has 176 valence electrons. The number of esters is 1. The Morgan fingerprint density at radius 3 is 2.15 bits per heavy atom. The van der Waals surface area contributed by atoms with Crippen molar-refractivity contribution in [3.63, 3.8) is 0 Å². The van der Waals surface area contributed by atoms with E-state index in [0.29, 0.717) is 11.1 Å². The smallest absolute Gasteiger partial charge is 0.328 e. The van der Waals surface area contributed by atoms with Gasteiger partial charge in [0.15, 0.2) is 5.75 Å². The van der Waals surface area contributed by atoms with E-state index in [9.17, 15) is 28.9 Å². The minimum absolute atomic E-state index is 0.0485. The van der Waals surface area contributed by atoms with Crippen LogP contribution in [0.25, 0.3) is 0 Å². The van der Waals surface area contributed by atoms with Crippen LogP contribution in [0.5, 0.6) is 5.75 Å². The standard InChI is InChI=1S/C22H24FN3O7/c1-13(27)24-17(10-14-4-7-16(23)8-5-14)21(28)25-18(22(29)33-3)11-15-6-9-20(32-2)19(12-15)26(30)31/h4-9,12,17-18H,10-11H2,1-3H3,(H,24,27)(H,25,28)/t17-,18-/m0/s1. The third-order valence-electron chi connectivity index (χ3n) is 4.73. The number of methoxy groups -OCH3 is 2. The van der Waals surface area contributed by atoms with Gasteiger partial charge in [-0.2, -0.15) is 0 Å². The van der Waals surface area contributed by atoms with Crippen LogP contribution in [-0.2, 0) is 32.0 Å². The maximum atomic E-state index is 13.2. The molecule has 0 radical (unpaired) electrons. The van der Waals surface area contributed by atoms with Gasteiger partial charge in [-0.1, -0.05) is 18.2 Å². The molecule has 0 spiro atoms. The minimum Gasteiger partial charge on any atom is -0.490 e. The third kappa shape index (κ3) is 7.27. The van der Waals surface area contributed by atoms with Crippen molar-refractivity contribution in [3.8, 4) is 5.75 Å². The predicted octanol–water partition coefficient (Wildman–Crippen LogP) is 1.69. The van der Waals surface area contributed by atoms with Crippen LogP contribution in [0.15, 0.2) is 42.5 Å². The molecule has 10 nitrogen and oxygen atoms in total. The molecule has 2 atom stereocenters. The van der Waals surface area contributed by atoms with Gasteiger partial charge >= 0.3 is 11.7 Å². The van der Waals surface area contributed by atoms with Crippen LogP contribution in [0.1, 0.15) is 18.1 Å². The number of carbonyl (C=O) groups is 3. The topological polar surface area (TPSA) is 137 Å². The first kappa shape index (κ1) is 25.2. The van der Waals surface area contributed by atoms with Crippen molar-refractivity contribution in [2.45, 2.75) is 31.8 Å². The molecule has 0 bridgehead atoms. The zero-order chi connectivity index (χ0) is 24.5. The number of nitro groups is 1. The van der Waals surface area contributed by atoms with Crippen LogP contribution in [0, 0.1) is 15.9 Å². The van der Waals surface area contributed by atoms with Crippen LogP contribution in [-0.4, -0.2) is 49.0 Å². The highest BCUT2D eigenvalue weighted by Gasteiger charge is 2.28. The number of nitrogens with one attached hydrogen (secondary N) is 2. The molecule has 0 unspecified atom stereocenters. The van der Waals surface area contributed by atoms with Crippen LogP contribution >= 0.6 is 0 Å². The van der Waals surface area contributed by atoms with Gasteiger partial charge in [-0.15, -0.1) is 0 Å². The first-order valence-corrected chi connectivity index (χ1v) is 9.85. The van der Waals surface area contributed by atoms with Crippen molar-refractivity contribution in [2.24, 2.45) is 0 Å². The number of hydrogen-bond acceptors (Lipinski definition) is 7. The largest absolute Gasteiger partial charge is 0.490 e. The van der Waals surface area contributed by atoms with Crippen LogP contribution in [0.4, 0.5) is 10.1 Å². The monoisotopic (exact) mass is 461 g/mol. The van der Waals surface area contributed by atoms with Crippen molar-refractivity contribution in [3.05, 3.63) is 69.5 Å². The molecule has 2 N–H and O–H groups in total. The molecular weight excluding hydrogens is 437 g/mol. The number of hydrogen-bond donors (Lipinski definition) is 2. The summed E-state index contributed by atoms with van der Waals surface area (Å²) in [6, 6.07) is 7.33. The van der Waals surface area contributed by atoms with Crippen LogP contribution < -0.4 is 15.4 Å². The third-order valence-corrected chi connectivity index (χ3v) is 4.73. The van der Waals surface area contributed by atoms with E-state index in [0.717, 1.165) is 7.11 Å². The Kier molecular flexibility index (Phi) is 8.84. The maximum absolute atomic E-state index is 13.2. The number of carbonyl (C=O) groups excluding carboxylic acids is 3. The molecule has 0 aliphatic heterocycles. The first-order chi connectivity index (χ1) is 15.6. The molecule has 0 heterocycles. The normalized spacial score (nSPS) is 12.2. The van der Waals surface area contributed by atoms with Gasteiger partial charge < -0.3 is 20.1 Å². The lowest BCUT2D eigenvalue weighted by Gasteiger charge is -2.22. The maximum Gasteiger partial charge on any atom is 0.328 e. The number of ether oxygens (including phenoxy) is 2. The molecule has 33 heavy (non-hydrogen) atoms. The average Bonchev–Trinajstić information content (AvgIpc) is 2.78. The molecule has 0 saturated heterocycles. The number of rotatable bonds is 10. The van der Waals surface area contributed by atoms with Gasteiger partial charge in [0.25, 0.3) is 0 Å². The number of benzene rings is 2. The second-order valence-electron chi connectivity index (χ2n) is 7.14. The van der Waals surface area contributed by atoms with Crippen molar-refractivity contribution in [1.29, 1.82) is 0 Å². The van der Waals surface area contributed by atoms with E-state index in [1.165, 1.54) is 56.5 Å². The second-order valence-corrected chi connectivity index (χ2v) is 7.14. The Morgan fingerprint density at radius 1 is 1.00 bits per heavy atom. The molecule has 0 saturated carbocycles. The summed E-state index contributed by atoms with van der Waals surface area (Å²) in [5.74, 6) is -2.32. The molecule has 0 aromatic heterocycles. The summed E-state index contributed by atoms with van der Waals surface area (Å²) in [5, 5.41) is 16.3. The summed E-state index contributed by atoms with van der Waals surface area (Å²) in [6.07, 6.45) is -0.0554. The fourth-order valence-electron chi connectivity index (χ4n) is 3.16. The number of halogens is 1. The Labute approximate surface area is 189 Å². The Hall–Kier alpha value is -4.02. The van der Waals surface area contributed by atoms with E-state index >= 15 is 0 Å². The molecule has 0 fully saturated rings. The lowest BCUT2D eigenvalue weighted by molar-refractivity contribution is -0.385. The van der Waals surface area contributed by atoms with E-state index in [1.54, 1.807) is 0 Å². The molecule has 2 aromatic rings. The minimum atomic E-state index is -1.18. The zero-order valence-electron chi connectivity index (χ0n) is 18.3. The highest BCUT2D eigenvalue weighted by Crippen LogP contribution is 2.28. The first-order valence-electron chi connectivity index (χ1n) is 9.85. The predicted molar refractivity (Wildman–Crippen MR) is 115 cm³/mol. The Morgan fingerprint density at radius 2 is 1.61 bits per heavy atom. The molecule has 2 aromatic carbocycles. The molecule has 0 aliphatic carbocycles. The number of nitrogens with zero attached hydrogens (tertiary/aromatic N) is 1. The van der Waals surface area contributed by atoms with Gasteiger partial charge in [0.1, 0.15) is 17.9 Å². The van der Waals surface area contributed by atoms with Gasteiger partial charge in [-0.25, -0.2) is 9.18 Å². The van der Waals surface area contributed by atoms with E-state index in [-0.39, 0.29) is 24.3 Å². The summed E-state index contributed by atoms with van der Waals surface area (Å²) in [7, 11) is 2.44. The molecule has 2 amide bonds. The average molecular weight is 461 g/mol. The summed E-state index contributed by atoms with van der Waals surface area (Å²) in [5.41, 5.74) is 0.677. The summed E-state index contributed by atoms with van der Waals surface area (Å²) < 4.78 is 22.9. The second kappa shape index (κ2) is 11.6. The molecular formula is C22H24FN3O7. The van der Waals surface area contributed by atoms with Gasteiger partial charge in [-0.3, -0.25) is 19.7 Å². The molecule has 11 heteroatoms. The van der Waals surface area contributed by atoms with Crippen molar-refractivity contribution >= 4 is 23.5 Å². The SMILES string of the molecule is COC(=O)[C@H](Cc1ccc(OC)c([N+](=O)[O-])c1)NC(=O)[C@H](Cc1ccc(F)cc1)NC(C)=O. The summed E-state index contributed by atoms with van der Waals surface area (Å²) in [4.78, 5) is 47.5. The zero-order valence-corrected chi connectivity index (χ0v) is 18.3. The van der Waals surface area contributed by atoms with Crippen molar-refractivity contribution in [1.82, 2.24) is 10.6 Å². The van der Waals surface area contributed by atoms with Gasteiger partial charge in [0.05, 0.1) is 19.1 Å². The van der Waals surface area contributed by atoms with Crippen molar-refractivity contribution in [2.75, 3.05) is 14.2 Å². The van der Waals surface area contributed by atoms with Crippen LogP contribution in [0.2, 0.25) is 0 Å².